The average Bonchev–Trinajstić information content (AvgIpc) is 3.04. The molecule has 1 aromatic rings. The van der Waals surface area contributed by atoms with Crippen LogP contribution in [-0.2, 0) is 9.53 Å². The van der Waals surface area contributed by atoms with Crippen LogP contribution < -0.4 is 10.6 Å². The van der Waals surface area contributed by atoms with Gasteiger partial charge in [0, 0.05) is 31.2 Å². The van der Waals surface area contributed by atoms with Gasteiger partial charge in [-0.05, 0) is 18.1 Å². The molecule has 2 fully saturated rings. The Balaban J connectivity index is 1.68. The van der Waals surface area contributed by atoms with Crippen molar-refractivity contribution in [3.63, 3.8) is 0 Å². The van der Waals surface area contributed by atoms with Crippen molar-refractivity contribution in [2.75, 3.05) is 39.4 Å². The van der Waals surface area contributed by atoms with Gasteiger partial charge >= 0.3 is 0 Å². The third-order valence-corrected chi connectivity index (χ3v) is 4.99. The van der Waals surface area contributed by atoms with E-state index in [9.17, 15) is 9.90 Å². The van der Waals surface area contributed by atoms with Gasteiger partial charge in [-0.3, -0.25) is 9.69 Å². The fourth-order valence-electron chi connectivity index (χ4n) is 3.31. The lowest BCUT2D eigenvalue weighted by Gasteiger charge is -2.35. The molecular weight excluding hydrogens is 330 g/mol. The van der Waals surface area contributed by atoms with Crippen LogP contribution in [0.1, 0.15) is 18.0 Å². The number of ether oxygens (including phenoxy) is 1. The van der Waals surface area contributed by atoms with Crippen LogP contribution in [0.3, 0.4) is 0 Å². The lowest BCUT2D eigenvalue weighted by molar-refractivity contribution is -0.123. The second-order valence-electron chi connectivity index (χ2n) is 6.28. The van der Waals surface area contributed by atoms with Gasteiger partial charge in [0.1, 0.15) is 0 Å². The summed E-state index contributed by atoms with van der Waals surface area (Å²) in [6.45, 7) is 3.95. The zero-order chi connectivity index (χ0) is 16.9. The molecule has 2 aliphatic heterocycles. The van der Waals surface area contributed by atoms with Crippen molar-refractivity contribution < 1.29 is 14.6 Å². The molecule has 1 amide bonds. The molecule has 7 heteroatoms. The molecule has 6 nitrogen and oxygen atoms in total. The van der Waals surface area contributed by atoms with Crippen molar-refractivity contribution in [2.24, 2.45) is 0 Å². The van der Waals surface area contributed by atoms with E-state index in [-0.39, 0.29) is 18.0 Å². The van der Waals surface area contributed by atoms with E-state index in [1.807, 2.05) is 24.3 Å². The number of hydrogen-bond acceptors (Lipinski definition) is 5. The third kappa shape index (κ3) is 4.26. The molecule has 2 saturated heterocycles. The van der Waals surface area contributed by atoms with Crippen LogP contribution in [0.25, 0.3) is 0 Å². The predicted molar refractivity (Wildman–Crippen MR) is 92.0 cm³/mol. The van der Waals surface area contributed by atoms with Crippen LogP contribution in [-0.4, -0.2) is 67.5 Å². The van der Waals surface area contributed by atoms with Gasteiger partial charge in [0.15, 0.2) is 0 Å². The third-order valence-electron chi connectivity index (χ3n) is 4.64. The number of benzene rings is 1. The summed E-state index contributed by atoms with van der Waals surface area (Å²) in [7, 11) is 0. The zero-order valence-electron chi connectivity index (χ0n) is 13.6. The number of hydrogen-bond donors (Lipinski definition) is 3. The highest BCUT2D eigenvalue weighted by Gasteiger charge is 2.30. The number of halogens is 1. The van der Waals surface area contributed by atoms with Crippen molar-refractivity contribution in [3.05, 3.63) is 34.9 Å². The van der Waals surface area contributed by atoms with E-state index >= 15 is 0 Å². The minimum absolute atomic E-state index is 0.0119. The maximum atomic E-state index is 12.3. The maximum Gasteiger partial charge on any atom is 0.237 e. The Bertz CT molecular complexity index is 566. The molecule has 0 radical (unpaired) electrons. The molecule has 3 N–H and O–H groups in total. The summed E-state index contributed by atoms with van der Waals surface area (Å²) >= 11 is 6.38. The molecular formula is C17H24ClN3O3. The van der Waals surface area contributed by atoms with E-state index in [0.717, 1.165) is 18.7 Å². The van der Waals surface area contributed by atoms with Crippen molar-refractivity contribution in [2.45, 2.75) is 24.6 Å². The van der Waals surface area contributed by atoms with E-state index in [1.54, 1.807) is 0 Å². The lowest BCUT2D eigenvalue weighted by atomic mass is 10.0. The minimum atomic E-state index is -0.445. The van der Waals surface area contributed by atoms with Crippen LogP contribution in [0.2, 0.25) is 5.02 Å². The van der Waals surface area contributed by atoms with E-state index in [2.05, 4.69) is 15.5 Å². The van der Waals surface area contributed by atoms with E-state index in [1.165, 1.54) is 0 Å². The molecule has 24 heavy (non-hydrogen) atoms. The Morgan fingerprint density at radius 1 is 1.42 bits per heavy atom. The van der Waals surface area contributed by atoms with Gasteiger partial charge in [-0.25, -0.2) is 0 Å². The lowest BCUT2D eigenvalue weighted by Crippen LogP contribution is -2.47. The Labute approximate surface area is 147 Å². The van der Waals surface area contributed by atoms with Gasteiger partial charge in [0.25, 0.3) is 0 Å². The van der Waals surface area contributed by atoms with Crippen LogP contribution >= 0.6 is 11.6 Å². The number of carbonyl (C=O) groups is 1. The molecule has 0 bridgehead atoms. The Morgan fingerprint density at radius 2 is 2.17 bits per heavy atom. The number of carbonyl (C=O) groups excluding carboxylic acids is 1. The summed E-state index contributed by atoms with van der Waals surface area (Å²) in [6, 6.07) is 7.44. The normalized spacial score (nSPS) is 26.2. The summed E-state index contributed by atoms with van der Waals surface area (Å²) in [5.41, 5.74) is 1.01. The van der Waals surface area contributed by atoms with Gasteiger partial charge in [-0.1, -0.05) is 29.8 Å². The average molecular weight is 354 g/mol. The Hall–Kier alpha value is -1.18. The molecule has 132 valence electrons. The molecule has 0 aliphatic carbocycles. The summed E-state index contributed by atoms with van der Waals surface area (Å²) in [5.74, 6) is -0.0723. The van der Waals surface area contributed by atoms with Gasteiger partial charge in [-0.2, -0.15) is 0 Å². The van der Waals surface area contributed by atoms with E-state index < -0.39 is 6.10 Å². The number of aliphatic hydroxyl groups excluding tert-OH is 1. The number of nitrogens with one attached hydrogen (secondary N) is 2. The maximum absolute atomic E-state index is 12.3. The first-order chi connectivity index (χ1) is 11.6. The second kappa shape index (κ2) is 8.27. The molecule has 0 aromatic heterocycles. The van der Waals surface area contributed by atoms with Crippen LogP contribution in [0.5, 0.6) is 0 Å². The largest absolute Gasteiger partial charge is 0.392 e. The monoisotopic (exact) mass is 353 g/mol. The molecule has 2 aliphatic rings. The first-order valence-electron chi connectivity index (χ1n) is 8.40. The first kappa shape index (κ1) is 17.6. The predicted octanol–water partition coefficient (Wildman–Crippen LogP) is 0.552. The Morgan fingerprint density at radius 3 is 2.83 bits per heavy atom. The smallest absolute Gasteiger partial charge is 0.237 e. The summed E-state index contributed by atoms with van der Waals surface area (Å²) in [4.78, 5) is 14.6. The number of nitrogens with zero attached hydrogens (tertiary/aromatic N) is 1. The molecule has 0 spiro atoms. The molecule has 0 saturated carbocycles. The molecule has 2 heterocycles. The molecule has 3 rings (SSSR count). The first-order valence-corrected chi connectivity index (χ1v) is 8.78. The number of morpholine rings is 1. The second-order valence-corrected chi connectivity index (χ2v) is 6.69. The molecule has 0 unspecified atom stereocenters. The Kier molecular flexibility index (Phi) is 6.08. The molecule has 1 aromatic carbocycles. The fraction of sp³-hybridized carbons (Fsp3) is 0.588. The quantitative estimate of drug-likeness (QED) is 0.721. The van der Waals surface area contributed by atoms with Crippen molar-refractivity contribution in [1.82, 2.24) is 15.5 Å². The van der Waals surface area contributed by atoms with Gasteiger partial charge in [0.05, 0.1) is 31.4 Å². The van der Waals surface area contributed by atoms with Crippen molar-refractivity contribution in [1.29, 1.82) is 0 Å². The highest BCUT2D eigenvalue weighted by molar-refractivity contribution is 6.31. The summed E-state index contributed by atoms with van der Waals surface area (Å²) in [5, 5.41) is 16.3. The van der Waals surface area contributed by atoms with Crippen LogP contribution in [0, 0.1) is 0 Å². The van der Waals surface area contributed by atoms with Crippen molar-refractivity contribution >= 4 is 17.5 Å². The number of rotatable bonds is 5. The van der Waals surface area contributed by atoms with Gasteiger partial charge in [-0.15, -0.1) is 0 Å². The van der Waals surface area contributed by atoms with Crippen molar-refractivity contribution in [3.8, 4) is 0 Å². The summed E-state index contributed by atoms with van der Waals surface area (Å²) < 4.78 is 5.43. The van der Waals surface area contributed by atoms with E-state index in [4.69, 9.17) is 16.3 Å². The SMILES string of the molecule is O=C(NC[C@H](c1ccccc1Cl)N1CCOCC1)[C@@H]1C[C@@H](O)CN1. The van der Waals surface area contributed by atoms with E-state index in [0.29, 0.717) is 37.7 Å². The standard InChI is InChI=1S/C17H24ClN3O3/c18-14-4-2-1-3-13(14)16(21-5-7-24-8-6-21)11-20-17(23)15-9-12(22)10-19-15/h1-4,12,15-16,19,22H,5-11H2,(H,20,23)/t12-,15+,16-/m1/s1. The van der Waals surface area contributed by atoms with Crippen LogP contribution in [0.4, 0.5) is 0 Å². The topological polar surface area (TPSA) is 73.8 Å². The van der Waals surface area contributed by atoms with Gasteiger partial charge < -0.3 is 20.5 Å². The van der Waals surface area contributed by atoms with Gasteiger partial charge in [0.2, 0.25) is 5.91 Å². The number of amides is 1. The molecule has 3 atom stereocenters. The zero-order valence-corrected chi connectivity index (χ0v) is 14.3. The number of β-amino-alcohol motifs (C(OH)–C–C–N with tert-alkyl or cyclic N) is 1. The highest BCUT2D eigenvalue weighted by Crippen LogP contribution is 2.27. The number of aliphatic hydroxyl groups is 1. The van der Waals surface area contributed by atoms with Crippen LogP contribution in [0.15, 0.2) is 24.3 Å². The summed E-state index contributed by atoms with van der Waals surface area (Å²) in [6.07, 6.45) is 0.0134. The highest BCUT2D eigenvalue weighted by atomic mass is 35.5. The fourth-order valence-corrected chi connectivity index (χ4v) is 3.57. The minimum Gasteiger partial charge on any atom is -0.392 e.